The van der Waals surface area contributed by atoms with Gasteiger partial charge >= 0.3 is 0 Å². The van der Waals surface area contributed by atoms with E-state index >= 15 is 0 Å². The van der Waals surface area contributed by atoms with Crippen LogP contribution in [0.25, 0.3) is 21.7 Å². The average molecular weight is 847 g/mol. The fraction of sp³-hybridized carbons (Fsp3) is 0.417. The van der Waals surface area contributed by atoms with Crippen molar-refractivity contribution in [1.29, 1.82) is 0 Å². The number of aromatic hydroxyl groups is 1. The van der Waals surface area contributed by atoms with Gasteiger partial charge in [0.2, 0.25) is 6.29 Å². The number of fused-ring (bicyclic) bond motifs is 5. The van der Waals surface area contributed by atoms with Gasteiger partial charge in [0.25, 0.3) is 5.91 Å². The maximum Gasteiger partial charge on any atom is 0.254 e. The van der Waals surface area contributed by atoms with Crippen molar-refractivity contribution in [1.82, 2.24) is 9.88 Å². The number of ketones is 1. The Morgan fingerprint density at radius 3 is 2.68 bits per heavy atom. The third kappa shape index (κ3) is 7.52. The predicted molar refractivity (Wildman–Crippen MR) is 226 cm³/mol. The van der Waals surface area contributed by atoms with Crippen LogP contribution in [0.5, 0.6) is 17.2 Å². The van der Waals surface area contributed by atoms with Crippen LogP contribution in [0.3, 0.4) is 0 Å². The average Bonchev–Trinajstić information content (AvgIpc) is 4.03. The number of Topliss-reactive ketones (excluding diaryl/α,β-unsaturated/α-hetero) is 1. The minimum absolute atomic E-state index is 0.0202. The summed E-state index contributed by atoms with van der Waals surface area (Å²) in [5, 5.41) is 58.3. The zero-order valence-electron chi connectivity index (χ0n) is 34.4. The highest BCUT2D eigenvalue weighted by Gasteiger charge is 2.58. The van der Waals surface area contributed by atoms with E-state index in [2.05, 4.69) is 17.0 Å². The third-order valence-electron chi connectivity index (χ3n) is 12.9. The zero-order valence-corrected chi connectivity index (χ0v) is 34.4. The lowest BCUT2D eigenvalue weighted by Gasteiger charge is -2.47. The number of aromatic nitrogens is 1. The number of H-pyrrole nitrogens is 1. The van der Waals surface area contributed by atoms with E-state index in [4.69, 9.17) is 23.7 Å². The molecule has 0 radical (unpaired) electrons. The predicted octanol–water partition coefficient (Wildman–Crippen LogP) is 4.76. The first-order chi connectivity index (χ1) is 30.1. The standard InChI is InChI=1S/C48H50N2O12/c1-58-32-18-30-19-35(28-8-2-3-9-28)42-38(53)23-50-22-36-29(10-4-12-33(36)46(50)56)11-6-16-60-45-43(54)40(62-47(48(45,57)26-52)61-39(20-32)41(30)44(42)55)25-59-24-31-21-49-37-14-13-27(7-5-15-51)17-34(31)37/h4,10,12-14,17-21,28,40,43,45,47,49,51-52,54-55,57H,2-3,5,7-9,11,15,22-26H2,1H3/t40-,43-,45+,47+,48-/m1/s1. The number of phenols is 1. The van der Waals surface area contributed by atoms with Crippen LogP contribution in [0, 0.1) is 12.0 Å². The fourth-order valence-electron chi connectivity index (χ4n) is 9.55. The summed E-state index contributed by atoms with van der Waals surface area (Å²) < 4.78 is 30.6. The first-order valence-corrected chi connectivity index (χ1v) is 21.2. The highest BCUT2D eigenvalue weighted by molar-refractivity contribution is 6.11. The number of aliphatic hydroxyl groups excluding tert-OH is 3. The number of nitrogens with one attached hydrogen (secondary N) is 1. The van der Waals surface area contributed by atoms with Gasteiger partial charge in [0.1, 0.15) is 35.6 Å². The number of phenolic OH excluding ortho intramolecular Hbond substituents is 1. The van der Waals surface area contributed by atoms with Crippen LogP contribution in [-0.4, -0.2) is 111 Å². The molecule has 3 aliphatic heterocycles. The summed E-state index contributed by atoms with van der Waals surface area (Å²) in [5.41, 5.74) is 3.03. The van der Waals surface area contributed by atoms with E-state index in [0.29, 0.717) is 40.7 Å². The molecule has 4 heterocycles. The second kappa shape index (κ2) is 17.2. The van der Waals surface area contributed by atoms with Gasteiger partial charge < -0.3 is 59.1 Å². The van der Waals surface area contributed by atoms with Gasteiger partial charge in [0.15, 0.2) is 17.5 Å². The largest absolute Gasteiger partial charge is 0.506 e. The lowest BCUT2D eigenvalue weighted by Crippen LogP contribution is -2.70. The molecular formula is C48H50N2O12. The number of methoxy groups -OCH3 is 1. The van der Waals surface area contributed by atoms with E-state index in [-0.39, 0.29) is 73.6 Å². The molecule has 0 unspecified atom stereocenters. The van der Waals surface area contributed by atoms with E-state index in [0.717, 1.165) is 53.3 Å². The van der Waals surface area contributed by atoms with Crippen molar-refractivity contribution in [2.75, 3.05) is 33.5 Å². The Hall–Kier alpha value is -5.66. The van der Waals surface area contributed by atoms with Crippen LogP contribution >= 0.6 is 0 Å². The van der Waals surface area contributed by atoms with Gasteiger partial charge in [0.05, 0.1) is 44.4 Å². The Morgan fingerprint density at radius 1 is 1.05 bits per heavy atom. The highest BCUT2D eigenvalue weighted by atomic mass is 16.7. The van der Waals surface area contributed by atoms with Crippen molar-refractivity contribution in [3.63, 3.8) is 0 Å². The number of aryl methyl sites for hydroxylation is 1. The van der Waals surface area contributed by atoms with Crippen LogP contribution < -0.4 is 9.47 Å². The second-order valence-electron chi connectivity index (χ2n) is 16.7. The molecule has 5 atom stereocenters. The van der Waals surface area contributed by atoms with Gasteiger partial charge in [-0.1, -0.05) is 37.0 Å². The van der Waals surface area contributed by atoms with Gasteiger partial charge in [-0.05, 0) is 89.6 Å². The van der Waals surface area contributed by atoms with Crippen LogP contribution in [0.15, 0.2) is 60.8 Å². The van der Waals surface area contributed by atoms with Crippen molar-refractivity contribution in [2.45, 2.75) is 94.2 Å². The van der Waals surface area contributed by atoms with E-state index in [1.165, 1.54) is 18.1 Å². The minimum atomic E-state index is -2.44. The van der Waals surface area contributed by atoms with Gasteiger partial charge in [-0.2, -0.15) is 0 Å². The molecule has 5 aromatic rings. The number of aliphatic hydroxyl groups is 4. The Morgan fingerprint density at radius 2 is 1.89 bits per heavy atom. The summed E-state index contributed by atoms with van der Waals surface area (Å²) in [5.74, 6) is 2.09. The number of aromatic amines is 1. The molecule has 62 heavy (non-hydrogen) atoms. The van der Waals surface area contributed by atoms with Gasteiger partial charge in [-0.3, -0.25) is 9.59 Å². The molecule has 14 nitrogen and oxygen atoms in total. The monoisotopic (exact) mass is 846 g/mol. The van der Waals surface area contributed by atoms with Crippen molar-refractivity contribution >= 4 is 33.4 Å². The smallest absolute Gasteiger partial charge is 0.254 e. The first kappa shape index (κ1) is 41.7. The van der Waals surface area contributed by atoms with Crippen LogP contribution in [0.2, 0.25) is 0 Å². The zero-order chi connectivity index (χ0) is 43.1. The van der Waals surface area contributed by atoms with Crippen LogP contribution in [-0.2, 0) is 40.2 Å². The quantitative estimate of drug-likeness (QED) is 0.106. The number of carbonyl (C=O) groups excluding carboxylic acids is 2. The van der Waals surface area contributed by atoms with Gasteiger partial charge in [-0.25, -0.2) is 0 Å². The molecular weight excluding hydrogens is 797 g/mol. The number of nitrogens with zero attached hydrogens (tertiary/aromatic N) is 1. The van der Waals surface area contributed by atoms with E-state index in [9.17, 15) is 35.1 Å². The van der Waals surface area contributed by atoms with E-state index in [1.807, 2.05) is 36.5 Å². The molecule has 9 rings (SSSR count). The van der Waals surface area contributed by atoms with Gasteiger partial charge in [0, 0.05) is 53.9 Å². The normalized spacial score (nSPS) is 23.9. The number of amides is 1. The maximum atomic E-state index is 14.6. The summed E-state index contributed by atoms with van der Waals surface area (Å²) in [6, 6.07) is 16.4. The molecule has 6 N–H and O–H groups in total. The number of ether oxygens (including phenoxy) is 5. The molecule has 1 saturated carbocycles. The first-order valence-electron chi connectivity index (χ1n) is 21.2. The fourth-order valence-corrected chi connectivity index (χ4v) is 9.55. The summed E-state index contributed by atoms with van der Waals surface area (Å²) in [7, 11) is 1.47. The minimum Gasteiger partial charge on any atom is -0.506 e. The Bertz CT molecular complexity index is 2590. The summed E-state index contributed by atoms with van der Waals surface area (Å²) in [4.78, 5) is 33.0. The van der Waals surface area contributed by atoms with E-state index < -0.39 is 42.6 Å². The molecule has 1 saturated heterocycles. The van der Waals surface area contributed by atoms with Crippen LogP contribution in [0.1, 0.15) is 86.6 Å². The molecule has 14 heteroatoms. The molecule has 2 fully saturated rings. The summed E-state index contributed by atoms with van der Waals surface area (Å²) in [6.07, 6.45) is 3.33. The van der Waals surface area contributed by atoms with E-state index in [1.54, 1.807) is 18.2 Å². The number of carbonyl (C=O) groups is 2. The Kier molecular flexibility index (Phi) is 11.6. The molecule has 4 aliphatic rings. The molecule has 1 amide bonds. The van der Waals surface area contributed by atoms with Gasteiger partial charge in [-0.15, -0.1) is 0 Å². The Labute approximate surface area is 357 Å². The second-order valence-corrected chi connectivity index (χ2v) is 16.7. The van der Waals surface area contributed by atoms with Crippen molar-refractivity contribution in [2.24, 2.45) is 0 Å². The third-order valence-corrected chi connectivity index (χ3v) is 12.9. The van der Waals surface area contributed by atoms with Crippen molar-refractivity contribution < 1.29 is 58.8 Å². The lowest BCUT2D eigenvalue weighted by molar-refractivity contribution is -0.327. The summed E-state index contributed by atoms with van der Waals surface area (Å²) >= 11 is 0. The number of hydrogen-bond acceptors (Lipinski definition) is 12. The topological polar surface area (TPSA) is 200 Å². The molecule has 324 valence electrons. The number of rotatable bonds is 10. The summed E-state index contributed by atoms with van der Waals surface area (Å²) in [6.45, 7) is -1.13. The number of benzene rings is 4. The van der Waals surface area contributed by atoms with Crippen LogP contribution in [0.4, 0.5) is 0 Å². The molecule has 6 bridgehead atoms. The molecule has 1 aliphatic carbocycles. The Balaban J connectivity index is 1.12. The highest BCUT2D eigenvalue weighted by Crippen LogP contribution is 2.47. The molecule has 0 spiro atoms. The number of hydrogen-bond donors (Lipinski definition) is 6. The lowest BCUT2D eigenvalue weighted by atomic mass is 9.86. The molecule has 4 aromatic carbocycles. The van der Waals surface area contributed by atoms with Crippen molar-refractivity contribution in [3.8, 4) is 29.3 Å². The van der Waals surface area contributed by atoms with Crippen molar-refractivity contribution in [3.05, 3.63) is 99.7 Å². The maximum absolute atomic E-state index is 14.6. The SMILES string of the molecule is COc1cc2c3c(O)c(c(C4CCCC4)cc3c1)C(=O)CN1Cc3c(cccc3C1=O)CC#CO[C@H]1[C@H](O)[C@@H](COCc3c[nH]c4ccc(CCCO)cc34)O[C@H](O2)[C@@]1(O)CO. The molecule has 1 aromatic heterocycles.